The molecule has 2 fully saturated rings. The number of aliphatic hydroxyl groups is 1. The van der Waals surface area contributed by atoms with E-state index in [0.29, 0.717) is 0 Å². The molecule has 0 spiro atoms. The lowest BCUT2D eigenvalue weighted by atomic mass is 9.96. The predicted octanol–water partition coefficient (Wildman–Crippen LogP) is 1.83. The quantitative estimate of drug-likeness (QED) is 0.739. The van der Waals surface area contributed by atoms with Gasteiger partial charge in [0, 0.05) is 0 Å². The van der Waals surface area contributed by atoms with Crippen LogP contribution >= 0.6 is 0 Å². The van der Waals surface area contributed by atoms with E-state index in [1.165, 1.54) is 0 Å². The molecule has 14 heavy (non-hydrogen) atoms. The fourth-order valence-electron chi connectivity index (χ4n) is 2.50. The maximum atomic E-state index is 10.3. The van der Waals surface area contributed by atoms with Gasteiger partial charge in [-0.1, -0.05) is 13.8 Å². The summed E-state index contributed by atoms with van der Waals surface area (Å²) in [4.78, 5) is 0. The molecule has 1 aliphatic heterocycles. The minimum Gasteiger partial charge on any atom is -0.387 e. The van der Waals surface area contributed by atoms with Crippen LogP contribution in [0.25, 0.3) is 0 Å². The monoisotopic (exact) mass is 200 g/mol. The van der Waals surface area contributed by atoms with Crippen LogP contribution in [0.2, 0.25) is 0 Å². The van der Waals surface area contributed by atoms with Crippen LogP contribution < -0.4 is 0 Å². The van der Waals surface area contributed by atoms with E-state index in [0.717, 1.165) is 25.7 Å². The number of rotatable bonds is 2. The largest absolute Gasteiger partial charge is 0.387 e. The second-order valence-electron chi connectivity index (χ2n) is 4.68. The summed E-state index contributed by atoms with van der Waals surface area (Å²) < 4.78 is 11.7. The highest BCUT2D eigenvalue weighted by Gasteiger charge is 2.56. The molecule has 3 heteroatoms. The van der Waals surface area contributed by atoms with E-state index in [2.05, 4.69) is 0 Å². The maximum absolute atomic E-state index is 10.3. The van der Waals surface area contributed by atoms with E-state index in [1.807, 2.05) is 20.8 Å². The molecule has 4 atom stereocenters. The lowest BCUT2D eigenvalue weighted by molar-refractivity contribution is -0.191. The minimum atomic E-state index is -0.655. The van der Waals surface area contributed by atoms with Gasteiger partial charge in [-0.05, 0) is 32.6 Å². The molecule has 0 aromatic carbocycles. The Morgan fingerprint density at radius 3 is 2.57 bits per heavy atom. The van der Waals surface area contributed by atoms with Crippen LogP contribution in [0.1, 0.15) is 46.5 Å². The van der Waals surface area contributed by atoms with Crippen LogP contribution in [0.4, 0.5) is 0 Å². The van der Waals surface area contributed by atoms with Crippen LogP contribution in [0.5, 0.6) is 0 Å². The zero-order valence-electron chi connectivity index (χ0n) is 9.25. The first-order chi connectivity index (χ1) is 6.53. The highest BCUT2D eigenvalue weighted by atomic mass is 16.8. The van der Waals surface area contributed by atoms with E-state index in [-0.39, 0.29) is 12.2 Å². The summed E-state index contributed by atoms with van der Waals surface area (Å²) in [5.41, 5.74) is -0.655. The van der Waals surface area contributed by atoms with E-state index in [9.17, 15) is 5.11 Å². The summed E-state index contributed by atoms with van der Waals surface area (Å²) in [6.07, 6.45) is 3.29. The summed E-state index contributed by atoms with van der Waals surface area (Å²) >= 11 is 0. The Bertz CT molecular complexity index is 231. The second kappa shape index (κ2) is 3.19. The molecule has 1 heterocycles. The van der Waals surface area contributed by atoms with Gasteiger partial charge in [-0.15, -0.1) is 0 Å². The van der Waals surface area contributed by atoms with Crippen molar-refractivity contribution in [3.05, 3.63) is 0 Å². The SMILES string of the molecule is CC[C@@]1(C)O[C@@H]2CC[C@](O)(CC)[C@H]2O1. The van der Waals surface area contributed by atoms with Gasteiger partial charge in [-0.3, -0.25) is 0 Å². The van der Waals surface area contributed by atoms with Crippen molar-refractivity contribution in [2.75, 3.05) is 0 Å². The van der Waals surface area contributed by atoms with Gasteiger partial charge in [-0.2, -0.15) is 0 Å². The Morgan fingerprint density at radius 1 is 1.29 bits per heavy atom. The molecule has 1 saturated heterocycles. The topological polar surface area (TPSA) is 38.7 Å². The van der Waals surface area contributed by atoms with E-state index < -0.39 is 11.4 Å². The Labute approximate surface area is 85.4 Å². The fourth-order valence-corrected chi connectivity index (χ4v) is 2.50. The Balaban J connectivity index is 2.14. The van der Waals surface area contributed by atoms with Gasteiger partial charge in [0.1, 0.15) is 6.10 Å². The first kappa shape index (κ1) is 10.4. The maximum Gasteiger partial charge on any atom is 0.166 e. The molecule has 0 bridgehead atoms. The number of ether oxygens (including phenoxy) is 2. The lowest BCUT2D eigenvalue weighted by Crippen LogP contribution is -2.41. The fraction of sp³-hybridized carbons (Fsp3) is 1.00. The Morgan fingerprint density at radius 2 is 2.00 bits per heavy atom. The smallest absolute Gasteiger partial charge is 0.166 e. The molecule has 0 aromatic heterocycles. The zero-order chi connectivity index (χ0) is 10.4. The van der Waals surface area contributed by atoms with Crippen molar-refractivity contribution >= 4 is 0 Å². The molecular weight excluding hydrogens is 180 g/mol. The predicted molar refractivity (Wildman–Crippen MR) is 52.9 cm³/mol. The van der Waals surface area contributed by atoms with Crippen LogP contribution in [-0.2, 0) is 9.47 Å². The van der Waals surface area contributed by atoms with E-state index >= 15 is 0 Å². The third kappa shape index (κ3) is 1.38. The number of hydrogen-bond acceptors (Lipinski definition) is 3. The van der Waals surface area contributed by atoms with Crippen molar-refractivity contribution in [2.24, 2.45) is 0 Å². The summed E-state index contributed by atoms with van der Waals surface area (Å²) in [5.74, 6) is -0.473. The van der Waals surface area contributed by atoms with Crippen LogP contribution in [-0.4, -0.2) is 28.7 Å². The highest BCUT2D eigenvalue weighted by molar-refractivity contribution is 5.03. The normalized spacial score (nSPS) is 52.3. The van der Waals surface area contributed by atoms with Crippen molar-refractivity contribution in [3.63, 3.8) is 0 Å². The van der Waals surface area contributed by atoms with Gasteiger partial charge in [0.2, 0.25) is 0 Å². The summed E-state index contributed by atoms with van der Waals surface area (Å²) in [7, 11) is 0. The molecule has 0 amide bonds. The van der Waals surface area contributed by atoms with Gasteiger partial charge >= 0.3 is 0 Å². The van der Waals surface area contributed by atoms with E-state index in [4.69, 9.17) is 9.47 Å². The van der Waals surface area contributed by atoms with Crippen molar-refractivity contribution in [3.8, 4) is 0 Å². The molecule has 1 saturated carbocycles. The zero-order valence-corrected chi connectivity index (χ0v) is 9.25. The molecule has 2 rings (SSSR count). The second-order valence-corrected chi connectivity index (χ2v) is 4.68. The van der Waals surface area contributed by atoms with Gasteiger partial charge < -0.3 is 14.6 Å². The molecule has 82 valence electrons. The first-order valence-corrected chi connectivity index (χ1v) is 5.61. The molecule has 0 aromatic rings. The van der Waals surface area contributed by atoms with Crippen LogP contribution in [0, 0.1) is 0 Å². The molecule has 0 radical (unpaired) electrons. The van der Waals surface area contributed by atoms with Crippen LogP contribution in [0.3, 0.4) is 0 Å². The van der Waals surface area contributed by atoms with Gasteiger partial charge in [0.05, 0.1) is 11.7 Å². The average molecular weight is 200 g/mol. The Hall–Kier alpha value is -0.120. The van der Waals surface area contributed by atoms with Gasteiger partial charge in [0.15, 0.2) is 5.79 Å². The van der Waals surface area contributed by atoms with Crippen LogP contribution in [0.15, 0.2) is 0 Å². The molecule has 0 unspecified atom stereocenters. The van der Waals surface area contributed by atoms with Gasteiger partial charge in [-0.25, -0.2) is 0 Å². The summed E-state index contributed by atoms with van der Waals surface area (Å²) in [6.45, 7) is 6.01. The summed E-state index contributed by atoms with van der Waals surface area (Å²) in [5, 5.41) is 10.3. The Kier molecular flexibility index (Phi) is 2.37. The van der Waals surface area contributed by atoms with E-state index in [1.54, 1.807) is 0 Å². The van der Waals surface area contributed by atoms with Gasteiger partial charge in [0.25, 0.3) is 0 Å². The number of hydrogen-bond donors (Lipinski definition) is 1. The van der Waals surface area contributed by atoms with Crippen molar-refractivity contribution in [1.82, 2.24) is 0 Å². The average Bonchev–Trinajstić information content (AvgIpc) is 2.66. The third-order valence-corrected chi connectivity index (χ3v) is 3.76. The van der Waals surface area contributed by atoms with Crippen molar-refractivity contribution in [2.45, 2.75) is 70.1 Å². The summed E-state index contributed by atoms with van der Waals surface area (Å²) in [6, 6.07) is 0. The molecular formula is C11H20O3. The minimum absolute atomic E-state index is 0.102. The highest BCUT2D eigenvalue weighted by Crippen LogP contribution is 2.46. The third-order valence-electron chi connectivity index (χ3n) is 3.76. The van der Waals surface area contributed by atoms with Crippen molar-refractivity contribution < 1.29 is 14.6 Å². The van der Waals surface area contributed by atoms with Crippen molar-refractivity contribution in [1.29, 1.82) is 0 Å². The first-order valence-electron chi connectivity index (χ1n) is 5.61. The lowest BCUT2D eigenvalue weighted by Gasteiger charge is -2.29. The molecule has 1 N–H and O–H groups in total. The number of fused-ring (bicyclic) bond motifs is 1. The molecule has 3 nitrogen and oxygen atoms in total. The molecule has 1 aliphatic carbocycles. The standard InChI is InChI=1S/C11H20O3/c1-4-10(3)13-8-6-7-11(12,5-2)9(8)14-10/h8-9,12H,4-7H2,1-3H3/t8-,9+,10+,11-/m1/s1. The molecule has 2 aliphatic rings.